The maximum Gasteiger partial charge on any atom is 0.322 e. The Labute approximate surface area is 57.5 Å². The Morgan fingerprint density at radius 3 is 1.70 bits per heavy atom. The molecule has 0 unspecified atom stereocenters. The Hall–Kier alpha value is -1.10. The van der Waals surface area contributed by atoms with Crippen molar-refractivity contribution in [3.8, 4) is 0 Å². The first-order valence-corrected chi connectivity index (χ1v) is 2.62. The quantitative estimate of drug-likeness (QED) is 0.450. The van der Waals surface area contributed by atoms with E-state index >= 15 is 0 Å². The first-order chi connectivity index (χ1) is 4.45. The van der Waals surface area contributed by atoms with E-state index in [1.165, 1.54) is 0 Å². The van der Waals surface area contributed by atoms with Crippen LogP contribution in [-0.4, -0.2) is 28.7 Å². The molecule has 0 fully saturated rings. The van der Waals surface area contributed by atoms with Gasteiger partial charge in [0.25, 0.3) is 0 Å². The van der Waals surface area contributed by atoms with E-state index in [-0.39, 0.29) is 0 Å². The van der Waals surface area contributed by atoms with E-state index in [1.807, 2.05) is 0 Å². The minimum absolute atomic E-state index is 0.405. The van der Waals surface area contributed by atoms with E-state index in [1.54, 1.807) is 0 Å². The Morgan fingerprint density at radius 1 is 1.40 bits per heavy atom. The van der Waals surface area contributed by atoms with Crippen LogP contribution in [0.3, 0.4) is 0 Å². The lowest BCUT2D eigenvalue weighted by Crippen LogP contribution is -2.42. The number of rotatable bonds is 3. The van der Waals surface area contributed by atoms with Crippen LogP contribution in [-0.2, 0) is 9.59 Å². The summed E-state index contributed by atoms with van der Waals surface area (Å²) < 4.78 is 0. The Bertz CT molecular complexity index is 151. The molecule has 0 amide bonds. The smallest absolute Gasteiger partial charge is 0.322 e. The summed E-state index contributed by atoms with van der Waals surface area (Å²) in [6.45, 7) is 0.662. The SMILES string of the molecule is CC(CN)(C(=O)O)C(=O)O. The Morgan fingerprint density at radius 2 is 1.70 bits per heavy atom. The lowest BCUT2D eigenvalue weighted by atomic mass is 9.92. The molecule has 0 rings (SSSR count). The van der Waals surface area contributed by atoms with Crippen LogP contribution < -0.4 is 5.73 Å². The number of hydrogen-bond acceptors (Lipinski definition) is 3. The van der Waals surface area contributed by atoms with Gasteiger partial charge in [-0.15, -0.1) is 0 Å². The molecule has 4 N–H and O–H groups in total. The molecule has 0 aromatic rings. The third-order valence-electron chi connectivity index (χ3n) is 1.35. The van der Waals surface area contributed by atoms with E-state index in [0.29, 0.717) is 0 Å². The summed E-state index contributed by atoms with van der Waals surface area (Å²) in [5.74, 6) is -2.83. The lowest BCUT2D eigenvalue weighted by molar-refractivity contribution is -0.162. The molecule has 0 radical (unpaired) electrons. The summed E-state index contributed by atoms with van der Waals surface area (Å²) in [6, 6.07) is 0. The fraction of sp³-hybridized carbons (Fsp3) is 0.600. The number of carbonyl (C=O) groups is 2. The number of nitrogens with two attached hydrogens (primary N) is 1. The summed E-state index contributed by atoms with van der Waals surface area (Å²) >= 11 is 0. The summed E-state index contributed by atoms with van der Waals surface area (Å²) in [4.78, 5) is 20.5. The molecular formula is C5H9NO4. The van der Waals surface area contributed by atoms with Crippen molar-refractivity contribution in [1.82, 2.24) is 0 Å². The highest BCUT2D eigenvalue weighted by Gasteiger charge is 2.39. The molecule has 58 valence electrons. The molecule has 0 spiro atoms. The number of carboxylic acids is 2. The highest BCUT2D eigenvalue weighted by Crippen LogP contribution is 2.13. The van der Waals surface area contributed by atoms with Gasteiger partial charge >= 0.3 is 11.9 Å². The summed E-state index contributed by atoms with van der Waals surface area (Å²) in [7, 11) is 0. The fourth-order valence-electron chi connectivity index (χ4n) is 0.266. The maximum atomic E-state index is 10.2. The van der Waals surface area contributed by atoms with Crippen LogP contribution in [0.15, 0.2) is 0 Å². The minimum Gasteiger partial charge on any atom is -0.480 e. The number of carboxylic acid groups (broad SMARTS) is 2. The molecule has 0 heterocycles. The third kappa shape index (κ3) is 1.24. The first kappa shape index (κ1) is 8.90. The van der Waals surface area contributed by atoms with Crippen LogP contribution in [0.5, 0.6) is 0 Å². The molecule has 0 saturated heterocycles. The Kier molecular flexibility index (Phi) is 2.36. The largest absolute Gasteiger partial charge is 0.480 e. The first-order valence-electron chi connectivity index (χ1n) is 2.62. The van der Waals surface area contributed by atoms with Crippen molar-refractivity contribution >= 4 is 11.9 Å². The van der Waals surface area contributed by atoms with Gasteiger partial charge in [0.15, 0.2) is 5.41 Å². The molecule has 0 atom stereocenters. The summed E-state index contributed by atoms with van der Waals surface area (Å²) in [5.41, 5.74) is 3.10. The number of aliphatic carboxylic acids is 2. The van der Waals surface area contributed by atoms with Crippen LogP contribution in [0.25, 0.3) is 0 Å². The second kappa shape index (κ2) is 2.66. The van der Waals surface area contributed by atoms with E-state index in [9.17, 15) is 9.59 Å². The minimum atomic E-state index is -1.85. The summed E-state index contributed by atoms with van der Waals surface area (Å²) in [6.07, 6.45) is 0. The molecule has 10 heavy (non-hydrogen) atoms. The van der Waals surface area contributed by atoms with Crippen LogP contribution in [0.2, 0.25) is 0 Å². The highest BCUT2D eigenvalue weighted by atomic mass is 16.4. The van der Waals surface area contributed by atoms with E-state index in [2.05, 4.69) is 0 Å². The van der Waals surface area contributed by atoms with E-state index in [4.69, 9.17) is 15.9 Å². The molecule has 0 aliphatic carbocycles. The zero-order valence-corrected chi connectivity index (χ0v) is 5.50. The third-order valence-corrected chi connectivity index (χ3v) is 1.35. The van der Waals surface area contributed by atoms with Gasteiger partial charge in [-0.25, -0.2) is 0 Å². The summed E-state index contributed by atoms with van der Waals surface area (Å²) in [5, 5.41) is 16.7. The second-order valence-electron chi connectivity index (χ2n) is 2.15. The van der Waals surface area contributed by atoms with Crippen molar-refractivity contribution in [2.75, 3.05) is 6.54 Å². The van der Waals surface area contributed by atoms with Gasteiger partial charge in [0.05, 0.1) is 0 Å². The molecule has 0 bridgehead atoms. The predicted octanol–water partition coefficient (Wildman–Crippen LogP) is -0.879. The molecule has 5 nitrogen and oxygen atoms in total. The molecular weight excluding hydrogens is 138 g/mol. The topological polar surface area (TPSA) is 101 Å². The normalized spacial score (nSPS) is 11.0. The Balaban J connectivity index is 4.55. The van der Waals surface area contributed by atoms with Crippen molar-refractivity contribution in [3.63, 3.8) is 0 Å². The van der Waals surface area contributed by atoms with Crippen LogP contribution in [0.4, 0.5) is 0 Å². The highest BCUT2D eigenvalue weighted by molar-refractivity contribution is 5.97. The monoisotopic (exact) mass is 147 g/mol. The standard InChI is InChI=1S/C5H9NO4/c1-5(2-6,3(7)8)4(9)10/h2,6H2,1H3,(H,7,8)(H,9,10). The van der Waals surface area contributed by atoms with Crippen molar-refractivity contribution in [2.24, 2.45) is 11.1 Å². The molecule has 0 aromatic carbocycles. The van der Waals surface area contributed by atoms with E-state index in [0.717, 1.165) is 6.92 Å². The molecule has 5 heteroatoms. The molecule has 0 saturated carbocycles. The van der Waals surface area contributed by atoms with Gasteiger partial charge in [0, 0.05) is 6.54 Å². The van der Waals surface area contributed by atoms with Gasteiger partial charge in [0.2, 0.25) is 0 Å². The van der Waals surface area contributed by atoms with Gasteiger partial charge in [-0.3, -0.25) is 9.59 Å². The second-order valence-corrected chi connectivity index (χ2v) is 2.15. The predicted molar refractivity (Wildman–Crippen MR) is 32.4 cm³/mol. The molecule has 0 aliphatic rings. The van der Waals surface area contributed by atoms with Gasteiger partial charge in [-0.2, -0.15) is 0 Å². The van der Waals surface area contributed by atoms with Gasteiger partial charge < -0.3 is 15.9 Å². The van der Waals surface area contributed by atoms with E-state index < -0.39 is 23.9 Å². The van der Waals surface area contributed by atoms with Crippen molar-refractivity contribution < 1.29 is 19.8 Å². The molecule has 0 aromatic heterocycles. The van der Waals surface area contributed by atoms with Crippen LogP contribution in [0.1, 0.15) is 6.92 Å². The van der Waals surface area contributed by atoms with Crippen molar-refractivity contribution in [2.45, 2.75) is 6.92 Å². The van der Waals surface area contributed by atoms with Gasteiger partial charge in [-0.1, -0.05) is 0 Å². The average Bonchev–Trinajstić information content (AvgIpc) is 1.85. The fourth-order valence-corrected chi connectivity index (χ4v) is 0.266. The number of hydrogen-bond donors (Lipinski definition) is 3. The molecule has 0 aliphatic heterocycles. The zero-order chi connectivity index (χ0) is 8.36. The van der Waals surface area contributed by atoms with Crippen molar-refractivity contribution in [1.29, 1.82) is 0 Å². The zero-order valence-electron chi connectivity index (χ0n) is 5.50. The van der Waals surface area contributed by atoms with Gasteiger partial charge in [0.1, 0.15) is 0 Å². The van der Waals surface area contributed by atoms with Gasteiger partial charge in [-0.05, 0) is 6.92 Å². The van der Waals surface area contributed by atoms with Crippen LogP contribution >= 0.6 is 0 Å². The maximum absolute atomic E-state index is 10.2. The lowest BCUT2D eigenvalue weighted by Gasteiger charge is -2.15. The van der Waals surface area contributed by atoms with Crippen molar-refractivity contribution in [3.05, 3.63) is 0 Å². The van der Waals surface area contributed by atoms with Crippen LogP contribution in [0, 0.1) is 5.41 Å². The average molecular weight is 147 g/mol.